The molecule has 0 bridgehead atoms. The number of hydrogen-bond acceptors (Lipinski definition) is 2. The van der Waals surface area contributed by atoms with Crippen LogP contribution in [0.5, 0.6) is 0 Å². The second-order valence-electron chi connectivity index (χ2n) is 2.44. The van der Waals surface area contributed by atoms with Crippen LogP contribution in [-0.2, 0) is 0 Å². The molecule has 0 radical (unpaired) electrons. The molecule has 1 rings (SSSR count). The third kappa shape index (κ3) is 2.93. The molecule has 60 valence electrons. The molecule has 0 aliphatic heterocycles. The van der Waals surface area contributed by atoms with Crippen molar-refractivity contribution in [2.75, 3.05) is 14.1 Å². The van der Waals surface area contributed by atoms with Crippen molar-refractivity contribution in [2.24, 2.45) is 0 Å². The van der Waals surface area contributed by atoms with Crippen LogP contribution in [0, 0.1) is 0 Å². The molecule has 0 spiro atoms. The first-order chi connectivity index (χ1) is 5.22. The third-order valence-corrected chi connectivity index (χ3v) is 1.31. The quantitative estimate of drug-likeness (QED) is 0.457. The van der Waals surface area contributed by atoms with E-state index in [0.717, 1.165) is 0 Å². The Balaban J connectivity index is 0. The largest absolute Gasteiger partial charge is 1.00 e. The van der Waals surface area contributed by atoms with Crippen LogP contribution in [0.4, 0.5) is 0 Å². The van der Waals surface area contributed by atoms with Gasteiger partial charge in [-0.3, -0.25) is 9.78 Å². The van der Waals surface area contributed by atoms with Gasteiger partial charge in [0.25, 0.3) is 5.91 Å². The molecule has 0 aromatic carbocycles. The number of amides is 1. The Labute approximate surface area is 95.6 Å². The Hall–Kier alpha value is -0.380. The fourth-order valence-electron chi connectivity index (χ4n) is 0.747. The Morgan fingerprint density at radius 2 is 2.25 bits per heavy atom. The van der Waals surface area contributed by atoms with Crippen molar-refractivity contribution in [2.45, 2.75) is 0 Å². The molecule has 3 nitrogen and oxygen atoms in total. The monoisotopic (exact) mass is 174 g/mol. The van der Waals surface area contributed by atoms with Crippen LogP contribution >= 0.6 is 0 Å². The fraction of sp³-hybridized carbons (Fsp3) is 0.250. The summed E-state index contributed by atoms with van der Waals surface area (Å²) < 4.78 is 0. The third-order valence-electron chi connectivity index (χ3n) is 1.31. The van der Waals surface area contributed by atoms with Gasteiger partial charge in [-0.25, -0.2) is 0 Å². The molecule has 4 heteroatoms. The van der Waals surface area contributed by atoms with E-state index in [4.69, 9.17) is 0 Å². The van der Waals surface area contributed by atoms with E-state index in [-0.39, 0.29) is 36.9 Å². The van der Waals surface area contributed by atoms with Gasteiger partial charge in [0.2, 0.25) is 0 Å². The van der Waals surface area contributed by atoms with Crippen molar-refractivity contribution in [1.82, 2.24) is 9.88 Å². The van der Waals surface area contributed by atoms with Crippen molar-refractivity contribution in [1.29, 1.82) is 0 Å². The number of aromatic nitrogens is 1. The van der Waals surface area contributed by atoms with Crippen molar-refractivity contribution in [3.63, 3.8) is 0 Å². The topological polar surface area (TPSA) is 33.2 Å². The first-order valence-electron chi connectivity index (χ1n) is 3.33. The summed E-state index contributed by atoms with van der Waals surface area (Å²) in [5, 5.41) is 0. The van der Waals surface area contributed by atoms with Gasteiger partial charge in [-0.15, -0.1) is 0 Å². The molecular weight excluding hydrogens is 163 g/mol. The van der Waals surface area contributed by atoms with E-state index in [1.807, 2.05) is 0 Å². The van der Waals surface area contributed by atoms with Crippen LogP contribution < -0.4 is 29.6 Å². The zero-order valence-corrected chi connectivity index (χ0v) is 9.61. The van der Waals surface area contributed by atoms with E-state index >= 15 is 0 Å². The molecule has 0 aliphatic rings. The average Bonchev–Trinajstić information content (AvgIpc) is 2.05. The van der Waals surface area contributed by atoms with Crippen LogP contribution in [0.2, 0.25) is 0 Å². The Kier molecular flexibility index (Phi) is 5.13. The van der Waals surface area contributed by atoms with Crippen LogP contribution in [0.15, 0.2) is 24.5 Å². The molecule has 12 heavy (non-hydrogen) atoms. The standard InChI is InChI=1S/C8H10N2O.Na.H/c1-10(2)8(11)7-4-3-5-9-6-7;;/h3-6H,1-2H3;;/q;+1;-1. The van der Waals surface area contributed by atoms with Crippen molar-refractivity contribution < 1.29 is 35.8 Å². The second kappa shape index (κ2) is 5.30. The number of pyridine rings is 1. The first-order valence-corrected chi connectivity index (χ1v) is 3.33. The van der Waals surface area contributed by atoms with Crippen molar-refractivity contribution in [3.05, 3.63) is 30.1 Å². The fourth-order valence-corrected chi connectivity index (χ4v) is 0.747. The van der Waals surface area contributed by atoms with Gasteiger partial charge >= 0.3 is 29.6 Å². The smallest absolute Gasteiger partial charge is 1.00 e. The predicted molar refractivity (Wildman–Crippen MR) is 43.4 cm³/mol. The van der Waals surface area contributed by atoms with Crippen LogP contribution in [0.25, 0.3) is 0 Å². The summed E-state index contributed by atoms with van der Waals surface area (Å²) in [6, 6.07) is 3.49. The maximum absolute atomic E-state index is 11.2. The summed E-state index contributed by atoms with van der Waals surface area (Å²) in [5.41, 5.74) is 0.623. The molecule has 1 aromatic heterocycles. The summed E-state index contributed by atoms with van der Waals surface area (Å²) >= 11 is 0. The Morgan fingerprint density at radius 1 is 1.58 bits per heavy atom. The van der Waals surface area contributed by atoms with E-state index in [1.54, 1.807) is 38.6 Å². The molecule has 0 N–H and O–H groups in total. The van der Waals surface area contributed by atoms with Crippen molar-refractivity contribution in [3.8, 4) is 0 Å². The summed E-state index contributed by atoms with van der Waals surface area (Å²) in [5.74, 6) is -0.0156. The van der Waals surface area contributed by atoms with E-state index in [0.29, 0.717) is 5.56 Å². The van der Waals surface area contributed by atoms with E-state index < -0.39 is 0 Å². The van der Waals surface area contributed by atoms with Crippen LogP contribution in [0.1, 0.15) is 11.8 Å². The average molecular weight is 174 g/mol. The zero-order valence-electron chi connectivity index (χ0n) is 8.61. The van der Waals surface area contributed by atoms with Gasteiger partial charge in [-0.05, 0) is 12.1 Å². The Bertz CT molecular complexity index is 254. The summed E-state index contributed by atoms with van der Waals surface area (Å²) in [6.45, 7) is 0. The molecule has 1 heterocycles. The maximum Gasteiger partial charge on any atom is 1.00 e. The van der Waals surface area contributed by atoms with Gasteiger partial charge in [0.15, 0.2) is 0 Å². The van der Waals surface area contributed by atoms with Gasteiger partial charge in [0.05, 0.1) is 5.56 Å². The number of hydrogen-bond donors (Lipinski definition) is 0. The summed E-state index contributed by atoms with van der Waals surface area (Å²) in [6.07, 6.45) is 3.20. The second-order valence-corrected chi connectivity index (χ2v) is 2.44. The van der Waals surface area contributed by atoms with Crippen LogP contribution in [-0.4, -0.2) is 29.9 Å². The SMILES string of the molecule is CN(C)C(=O)c1cccnc1.[H-].[Na+]. The number of nitrogens with zero attached hydrogens (tertiary/aromatic N) is 2. The summed E-state index contributed by atoms with van der Waals surface area (Å²) in [4.78, 5) is 16.6. The maximum atomic E-state index is 11.2. The predicted octanol–water partition coefficient (Wildman–Crippen LogP) is -2.10. The minimum atomic E-state index is -0.0156. The molecule has 0 atom stereocenters. The normalized spacial score (nSPS) is 8.50. The van der Waals surface area contributed by atoms with Gasteiger partial charge in [0.1, 0.15) is 0 Å². The molecule has 0 unspecified atom stereocenters. The molecule has 0 saturated carbocycles. The summed E-state index contributed by atoms with van der Waals surface area (Å²) in [7, 11) is 3.44. The molecule has 0 fully saturated rings. The first kappa shape index (κ1) is 11.6. The molecular formula is C8H11N2NaO. The van der Waals surface area contributed by atoms with Gasteiger partial charge < -0.3 is 6.33 Å². The van der Waals surface area contributed by atoms with E-state index in [1.165, 1.54) is 4.90 Å². The van der Waals surface area contributed by atoms with Crippen molar-refractivity contribution >= 4 is 5.91 Å². The van der Waals surface area contributed by atoms with E-state index in [9.17, 15) is 4.79 Å². The minimum Gasteiger partial charge on any atom is -1.00 e. The Morgan fingerprint density at radius 3 is 2.67 bits per heavy atom. The van der Waals surface area contributed by atoms with E-state index in [2.05, 4.69) is 4.98 Å². The number of carbonyl (C=O) groups excluding carboxylic acids is 1. The number of carbonyl (C=O) groups is 1. The van der Waals surface area contributed by atoms with Gasteiger partial charge in [0, 0.05) is 26.5 Å². The molecule has 1 aromatic rings. The minimum absolute atomic E-state index is 0. The van der Waals surface area contributed by atoms with Gasteiger partial charge in [-0.1, -0.05) is 0 Å². The number of rotatable bonds is 1. The van der Waals surface area contributed by atoms with Crippen LogP contribution in [0.3, 0.4) is 0 Å². The molecule has 0 saturated heterocycles. The zero-order chi connectivity index (χ0) is 8.27. The van der Waals surface area contributed by atoms with Gasteiger partial charge in [-0.2, -0.15) is 0 Å². The molecule has 1 amide bonds. The molecule has 0 aliphatic carbocycles.